The quantitative estimate of drug-likeness (QED) is 0.605. The molecule has 0 aliphatic carbocycles. The Kier molecular flexibility index (Phi) is 6.23. The van der Waals surface area contributed by atoms with Crippen molar-refractivity contribution in [3.8, 4) is 34.1 Å². The summed E-state index contributed by atoms with van der Waals surface area (Å²) in [6.45, 7) is 1.73. The standard InChI is InChI=1S/C21H23N3O5/c1-13-20(14-5-10-17(27-3)18(11-14)28-4)21(24-23-13)22-19(25)12-29-16-8-6-15(26-2)7-9-16/h5-11H,12H2,1-4H3,(H2,22,23,24,25). The van der Waals surface area contributed by atoms with Gasteiger partial charge in [-0.05, 0) is 48.9 Å². The summed E-state index contributed by atoms with van der Waals surface area (Å²) in [6.07, 6.45) is 0. The lowest BCUT2D eigenvalue weighted by atomic mass is 10.0. The number of amides is 1. The molecule has 2 aromatic carbocycles. The second-order valence-corrected chi connectivity index (χ2v) is 6.15. The van der Waals surface area contributed by atoms with Gasteiger partial charge in [-0.15, -0.1) is 0 Å². The van der Waals surface area contributed by atoms with E-state index in [1.54, 1.807) is 51.7 Å². The van der Waals surface area contributed by atoms with Crippen LogP contribution in [0, 0.1) is 6.92 Å². The highest BCUT2D eigenvalue weighted by Gasteiger charge is 2.17. The van der Waals surface area contributed by atoms with Crippen LogP contribution in [0.4, 0.5) is 5.82 Å². The Morgan fingerprint density at radius 3 is 2.31 bits per heavy atom. The van der Waals surface area contributed by atoms with E-state index >= 15 is 0 Å². The molecule has 1 heterocycles. The monoisotopic (exact) mass is 397 g/mol. The van der Waals surface area contributed by atoms with Gasteiger partial charge in [0.2, 0.25) is 0 Å². The van der Waals surface area contributed by atoms with E-state index in [1.165, 1.54) is 0 Å². The van der Waals surface area contributed by atoms with Crippen LogP contribution in [-0.4, -0.2) is 44.0 Å². The van der Waals surface area contributed by atoms with Crippen LogP contribution in [0.1, 0.15) is 5.69 Å². The number of hydrogen-bond acceptors (Lipinski definition) is 6. The first kappa shape index (κ1) is 20.1. The average molecular weight is 397 g/mol. The Morgan fingerprint density at radius 2 is 1.66 bits per heavy atom. The number of rotatable bonds is 8. The summed E-state index contributed by atoms with van der Waals surface area (Å²) in [6, 6.07) is 12.5. The molecule has 0 unspecified atom stereocenters. The molecule has 0 fully saturated rings. The van der Waals surface area contributed by atoms with E-state index < -0.39 is 0 Å². The zero-order valence-electron chi connectivity index (χ0n) is 16.7. The number of carbonyl (C=O) groups is 1. The Bertz CT molecular complexity index is 982. The fourth-order valence-corrected chi connectivity index (χ4v) is 2.85. The van der Waals surface area contributed by atoms with Gasteiger partial charge in [-0.3, -0.25) is 9.89 Å². The highest BCUT2D eigenvalue weighted by atomic mass is 16.5. The summed E-state index contributed by atoms with van der Waals surface area (Å²) in [5.74, 6) is 2.58. The van der Waals surface area contributed by atoms with Crippen LogP contribution < -0.4 is 24.3 Å². The Balaban J connectivity index is 1.73. The fourth-order valence-electron chi connectivity index (χ4n) is 2.85. The molecule has 0 saturated carbocycles. The van der Waals surface area contributed by atoms with Crippen molar-refractivity contribution in [2.75, 3.05) is 33.3 Å². The van der Waals surface area contributed by atoms with Crippen molar-refractivity contribution in [2.45, 2.75) is 6.92 Å². The van der Waals surface area contributed by atoms with Crippen LogP contribution >= 0.6 is 0 Å². The number of carbonyl (C=O) groups excluding carboxylic acids is 1. The van der Waals surface area contributed by atoms with Crippen molar-refractivity contribution in [2.24, 2.45) is 0 Å². The number of anilines is 1. The largest absolute Gasteiger partial charge is 0.497 e. The highest BCUT2D eigenvalue weighted by molar-refractivity contribution is 5.95. The van der Waals surface area contributed by atoms with Crippen LogP contribution in [0.15, 0.2) is 42.5 Å². The summed E-state index contributed by atoms with van der Waals surface area (Å²) in [5, 5.41) is 9.89. The summed E-state index contributed by atoms with van der Waals surface area (Å²) in [4.78, 5) is 12.4. The van der Waals surface area contributed by atoms with Crippen molar-refractivity contribution in [1.82, 2.24) is 10.2 Å². The molecule has 0 spiro atoms. The molecular weight excluding hydrogens is 374 g/mol. The molecule has 3 aromatic rings. The minimum atomic E-state index is -0.325. The Hall–Kier alpha value is -3.68. The van der Waals surface area contributed by atoms with Crippen molar-refractivity contribution >= 4 is 11.7 Å². The van der Waals surface area contributed by atoms with Gasteiger partial charge in [0, 0.05) is 11.3 Å². The number of nitrogens with one attached hydrogen (secondary N) is 2. The maximum atomic E-state index is 12.4. The van der Waals surface area contributed by atoms with E-state index in [1.807, 2.05) is 19.1 Å². The summed E-state index contributed by atoms with van der Waals surface area (Å²) >= 11 is 0. The molecule has 8 heteroatoms. The van der Waals surface area contributed by atoms with E-state index in [9.17, 15) is 4.79 Å². The van der Waals surface area contributed by atoms with Crippen LogP contribution in [0.2, 0.25) is 0 Å². The highest BCUT2D eigenvalue weighted by Crippen LogP contribution is 2.36. The van der Waals surface area contributed by atoms with Gasteiger partial charge in [-0.1, -0.05) is 6.07 Å². The van der Waals surface area contributed by atoms with Gasteiger partial charge < -0.3 is 24.3 Å². The van der Waals surface area contributed by atoms with Crippen molar-refractivity contribution in [3.63, 3.8) is 0 Å². The summed E-state index contributed by atoms with van der Waals surface area (Å²) < 4.78 is 21.3. The lowest BCUT2D eigenvalue weighted by molar-refractivity contribution is -0.118. The molecule has 0 aliphatic heterocycles. The van der Waals surface area contributed by atoms with Crippen LogP contribution in [-0.2, 0) is 4.79 Å². The third kappa shape index (κ3) is 4.60. The first-order valence-corrected chi connectivity index (χ1v) is 8.89. The van der Waals surface area contributed by atoms with Gasteiger partial charge in [0.1, 0.15) is 11.5 Å². The van der Waals surface area contributed by atoms with Crippen LogP contribution in [0.3, 0.4) is 0 Å². The first-order valence-electron chi connectivity index (χ1n) is 8.89. The molecule has 0 saturated heterocycles. The molecule has 152 valence electrons. The van der Waals surface area contributed by atoms with Crippen LogP contribution in [0.25, 0.3) is 11.1 Å². The molecule has 0 atom stereocenters. The number of nitrogens with zero attached hydrogens (tertiary/aromatic N) is 1. The maximum absolute atomic E-state index is 12.4. The SMILES string of the molecule is COc1ccc(OCC(=O)Nc2n[nH]c(C)c2-c2ccc(OC)c(OC)c2)cc1. The number of hydrogen-bond donors (Lipinski definition) is 2. The average Bonchev–Trinajstić information content (AvgIpc) is 3.11. The molecule has 2 N–H and O–H groups in total. The van der Waals surface area contributed by atoms with Crippen molar-refractivity contribution in [1.29, 1.82) is 0 Å². The second kappa shape index (κ2) is 9.01. The molecule has 0 bridgehead atoms. The molecular formula is C21H23N3O5. The molecule has 1 aromatic heterocycles. The zero-order chi connectivity index (χ0) is 20.8. The van der Waals surface area contributed by atoms with Gasteiger partial charge in [0.05, 0.1) is 21.3 Å². The van der Waals surface area contributed by atoms with Gasteiger partial charge in [-0.25, -0.2) is 0 Å². The number of benzene rings is 2. The van der Waals surface area contributed by atoms with E-state index in [0.29, 0.717) is 28.8 Å². The van der Waals surface area contributed by atoms with Crippen molar-refractivity contribution < 1.29 is 23.7 Å². The van der Waals surface area contributed by atoms with Gasteiger partial charge in [0.25, 0.3) is 5.91 Å². The molecule has 1 amide bonds. The van der Waals surface area contributed by atoms with E-state index in [-0.39, 0.29) is 12.5 Å². The van der Waals surface area contributed by atoms with Crippen molar-refractivity contribution in [3.05, 3.63) is 48.2 Å². The predicted molar refractivity (Wildman–Crippen MR) is 109 cm³/mol. The molecule has 29 heavy (non-hydrogen) atoms. The van der Waals surface area contributed by atoms with E-state index in [2.05, 4.69) is 15.5 Å². The minimum absolute atomic E-state index is 0.149. The lowest BCUT2D eigenvalue weighted by Crippen LogP contribution is -2.20. The Morgan fingerprint density at radius 1 is 0.966 bits per heavy atom. The zero-order valence-corrected chi connectivity index (χ0v) is 16.7. The number of ether oxygens (including phenoxy) is 4. The minimum Gasteiger partial charge on any atom is -0.497 e. The number of methoxy groups -OCH3 is 3. The molecule has 0 radical (unpaired) electrons. The normalized spacial score (nSPS) is 10.3. The van der Waals surface area contributed by atoms with Gasteiger partial charge in [-0.2, -0.15) is 5.10 Å². The number of aromatic nitrogens is 2. The third-order valence-electron chi connectivity index (χ3n) is 4.31. The number of aromatic amines is 1. The molecule has 0 aliphatic rings. The molecule has 8 nitrogen and oxygen atoms in total. The maximum Gasteiger partial charge on any atom is 0.263 e. The fraction of sp³-hybridized carbons (Fsp3) is 0.238. The topological polar surface area (TPSA) is 94.7 Å². The van der Waals surface area contributed by atoms with Crippen LogP contribution in [0.5, 0.6) is 23.0 Å². The summed E-state index contributed by atoms with van der Waals surface area (Å²) in [5.41, 5.74) is 2.41. The second-order valence-electron chi connectivity index (χ2n) is 6.15. The van der Waals surface area contributed by atoms with E-state index in [4.69, 9.17) is 18.9 Å². The third-order valence-corrected chi connectivity index (χ3v) is 4.31. The molecule has 3 rings (SSSR count). The van der Waals surface area contributed by atoms with E-state index in [0.717, 1.165) is 16.8 Å². The number of H-pyrrole nitrogens is 1. The smallest absolute Gasteiger partial charge is 0.263 e. The lowest BCUT2D eigenvalue weighted by Gasteiger charge is -2.11. The summed E-state index contributed by atoms with van der Waals surface area (Å²) in [7, 11) is 4.74. The Labute approximate surface area is 168 Å². The first-order chi connectivity index (χ1) is 14.0. The van der Waals surface area contributed by atoms with Gasteiger partial charge in [0.15, 0.2) is 23.9 Å². The number of aryl methyl sites for hydroxylation is 1. The van der Waals surface area contributed by atoms with Gasteiger partial charge >= 0.3 is 0 Å². The predicted octanol–water partition coefficient (Wildman–Crippen LogP) is 3.43.